The predicted molar refractivity (Wildman–Crippen MR) is 141 cm³/mol. The van der Waals surface area contributed by atoms with Crippen LogP contribution in [-0.2, 0) is 14.3 Å². The number of rotatable bonds is 8. The van der Waals surface area contributed by atoms with Crippen LogP contribution in [0.15, 0.2) is 66.8 Å². The zero-order valence-corrected chi connectivity index (χ0v) is 21.6. The summed E-state index contributed by atoms with van der Waals surface area (Å²) in [5.74, 6) is -2.25. The number of esters is 1. The molecule has 0 saturated carbocycles. The summed E-state index contributed by atoms with van der Waals surface area (Å²) in [6, 6.07) is 12.2. The van der Waals surface area contributed by atoms with E-state index >= 15 is 0 Å². The first-order valence-corrected chi connectivity index (χ1v) is 12.5. The van der Waals surface area contributed by atoms with E-state index in [2.05, 4.69) is 11.6 Å². The summed E-state index contributed by atoms with van der Waals surface area (Å²) in [5.41, 5.74) is 1.06. The first-order chi connectivity index (χ1) is 17.8. The van der Waals surface area contributed by atoms with Crippen molar-refractivity contribution in [3.63, 3.8) is 0 Å². The number of hydrogen-bond donors (Lipinski definition) is 1. The lowest BCUT2D eigenvalue weighted by Crippen LogP contribution is -2.29. The number of nitrogens with zero attached hydrogens (tertiary/aromatic N) is 2. The number of carbonyl (C=O) groups is 3. The number of aliphatic hydroxyl groups excluding tert-OH is 1. The second-order valence-electron chi connectivity index (χ2n) is 7.98. The first kappa shape index (κ1) is 26.1. The lowest BCUT2D eigenvalue weighted by Gasteiger charge is -2.23. The summed E-state index contributed by atoms with van der Waals surface area (Å²) in [5, 5.41) is 11.9. The van der Waals surface area contributed by atoms with E-state index in [1.807, 2.05) is 6.92 Å². The van der Waals surface area contributed by atoms with E-state index in [0.717, 1.165) is 11.3 Å². The predicted octanol–water partition coefficient (Wildman–Crippen LogP) is 5.47. The van der Waals surface area contributed by atoms with Gasteiger partial charge in [-0.2, -0.15) is 0 Å². The van der Waals surface area contributed by atoms with Crippen molar-refractivity contribution in [3.05, 3.63) is 93.5 Å². The van der Waals surface area contributed by atoms with Crippen LogP contribution in [0, 0.1) is 6.92 Å². The molecule has 1 amide bonds. The Morgan fingerprint density at radius 3 is 2.65 bits per heavy atom. The van der Waals surface area contributed by atoms with Crippen molar-refractivity contribution in [2.24, 2.45) is 0 Å². The number of anilines is 1. The van der Waals surface area contributed by atoms with Crippen molar-refractivity contribution in [3.8, 4) is 5.75 Å². The number of hydrogen-bond acceptors (Lipinski definition) is 8. The molecule has 1 atom stereocenters. The first-order valence-electron chi connectivity index (χ1n) is 11.3. The standard InChI is InChI=1S/C27H23ClN2O6S/c1-4-13-36-26(34)24-15(3)29-27(37-24)30-21(16-9-11-18(28)12-10-16)20(23(32)25(30)33)22(31)17-7-6-8-19(14-17)35-5-2/h4,6-12,14,21,31H,1,5,13H2,2-3H3/b22-20+. The van der Waals surface area contributed by atoms with Gasteiger partial charge in [-0.25, -0.2) is 9.78 Å². The van der Waals surface area contributed by atoms with Crippen molar-refractivity contribution in [2.45, 2.75) is 19.9 Å². The Balaban J connectivity index is 1.87. The Labute approximate surface area is 222 Å². The maximum Gasteiger partial charge on any atom is 0.350 e. The third kappa shape index (κ3) is 5.14. The summed E-state index contributed by atoms with van der Waals surface area (Å²) >= 11 is 7.00. The van der Waals surface area contributed by atoms with Crippen LogP contribution in [0.25, 0.3) is 5.76 Å². The van der Waals surface area contributed by atoms with Gasteiger partial charge in [0.2, 0.25) is 0 Å². The normalized spacial score (nSPS) is 16.6. The summed E-state index contributed by atoms with van der Waals surface area (Å²) in [6.45, 7) is 7.40. The third-order valence-electron chi connectivity index (χ3n) is 5.56. The number of aryl methyl sites for hydroxylation is 1. The maximum atomic E-state index is 13.4. The lowest BCUT2D eigenvalue weighted by molar-refractivity contribution is -0.132. The Kier molecular flexibility index (Phi) is 7.75. The molecule has 0 bridgehead atoms. The largest absolute Gasteiger partial charge is 0.507 e. The molecule has 1 aromatic heterocycles. The van der Waals surface area contributed by atoms with Crippen LogP contribution >= 0.6 is 22.9 Å². The van der Waals surface area contributed by atoms with Gasteiger partial charge in [0, 0.05) is 10.6 Å². The number of benzene rings is 2. The Bertz CT molecular complexity index is 1410. The zero-order chi connectivity index (χ0) is 26.7. The molecule has 2 aromatic carbocycles. The van der Waals surface area contributed by atoms with Gasteiger partial charge >= 0.3 is 11.9 Å². The van der Waals surface area contributed by atoms with Gasteiger partial charge in [-0.05, 0) is 43.7 Å². The molecule has 1 fully saturated rings. The molecule has 0 radical (unpaired) electrons. The molecule has 1 N–H and O–H groups in total. The number of carbonyl (C=O) groups excluding carboxylic acids is 3. The summed E-state index contributed by atoms with van der Waals surface area (Å²) in [7, 11) is 0. The molecule has 2 heterocycles. The van der Waals surface area contributed by atoms with E-state index in [0.29, 0.717) is 34.2 Å². The van der Waals surface area contributed by atoms with Gasteiger partial charge < -0.3 is 14.6 Å². The minimum atomic E-state index is -1.02. The molecule has 0 aliphatic carbocycles. The summed E-state index contributed by atoms with van der Waals surface area (Å²) < 4.78 is 10.6. The Morgan fingerprint density at radius 2 is 1.97 bits per heavy atom. The van der Waals surface area contributed by atoms with Crippen molar-refractivity contribution >= 4 is 51.5 Å². The Hall–Kier alpha value is -3.95. The molecule has 1 unspecified atom stereocenters. The van der Waals surface area contributed by atoms with Crippen molar-refractivity contribution < 1.29 is 29.0 Å². The third-order valence-corrected chi connectivity index (χ3v) is 6.95. The van der Waals surface area contributed by atoms with E-state index in [-0.39, 0.29) is 27.9 Å². The minimum absolute atomic E-state index is 0.0155. The number of amides is 1. The van der Waals surface area contributed by atoms with Gasteiger partial charge in [-0.1, -0.05) is 59.9 Å². The second-order valence-corrected chi connectivity index (χ2v) is 9.39. The van der Waals surface area contributed by atoms with E-state index in [4.69, 9.17) is 21.1 Å². The average molecular weight is 539 g/mol. The van der Waals surface area contributed by atoms with E-state index < -0.39 is 23.7 Å². The van der Waals surface area contributed by atoms with Gasteiger partial charge in [0.05, 0.1) is 23.9 Å². The number of ether oxygens (including phenoxy) is 2. The molecule has 37 heavy (non-hydrogen) atoms. The van der Waals surface area contributed by atoms with E-state index in [9.17, 15) is 19.5 Å². The second kappa shape index (κ2) is 11.0. The van der Waals surface area contributed by atoms with E-state index in [1.54, 1.807) is 55.5 Å². The highest BCUT2D eigenvalue weighted by atomic mass is 35.5. The van der Waals surface area contributed by atoms with Gasteiger partial charge in [0.15, 0.2) is 5.13 Å². The molecular weight excluding hydrogens is 516 g/mol. The Morgan fingerprint density at radius 1 is 1.24 bits per heavy atom. The van der Waals surface area contributed by atoms with Crippen LogP contribution < -0.4 is 9.64 Å². The SMILES string of the molecule is C=CCOC(=O)c1sc(N2C(=O)C(=O)/C(=C(/O)c3cccc(OCC)c3)C2c2ccc(Cl)cc2)nc1C. The zero-order valence-electron chi connectivity index (χ0n) is 20.1. The van der Waals surface area contributed by atoms with Gasteiger partial charge in [-0.3, -0.25) is 14.5 Å². The number of Topliss-reactive ketones (excluding diaryl/α,β-unsaturated/α-hetero) is 1. The summed E-state index contributed by atoms with van der Waals surface area (Å²) in [6.07, 6.45) is 1.44. The number of thiazole rings is 1. The quantitative estimate of drug-likeness (QED) is 0.133. The lowest BCUT2D eigenvalue weighted by atomic mass is 9.95. The van der Waals surface area contributed by atoms with E-state index in [1.165, 1.54) is 11.0 Å². The molecule has 190 valence electrons. The minimum Gasteiger partial charge on any atom is -0.507 e. The molecule has 4 rings (SSSR count). The number of halogens is 1. The highest BCUT2D eigenvalue weighted by Crippen LogP contribution is 2.44. The average Bonchev–Trinajstić information content (AvgIpc) is 3.39. The fourth-order valence-corrected chi connectivity index (χ4v) is 5.03. The van der Waals surface area contributed by atoms with Crippen molar-refractivity contribution in [1.82, 2.24) is 4.98 Å². The molecule has 0 spiro atoms. The van der Waals surface area contributed by atoms with Crippen LogP contribution in [0.3, 0.4) is 0 Å². The van der Waals surface area contributed by atoms with Crippen molar-refractivity contribution in [2.75, 3.05) is 18.1 Å². The van der Waals surface area contributed by atoms with Gasteiger partial charge in [0.25, 0.3) is 5.78 Å². The van der Waals surface area contributed by atoms with Crippen LogP contribution in [-0.4, -0.2) is 41.0 Å². The highest BCUT2D eigenvalue weighted by Gasteiger charge is 2.48. The maximum absolute atomic E-state index is 13.4. The number of aliphatic hydroxyl groups is 1. The van der Waals surface area contributed by atoms with Crippen LogP contribution in [0.5, 0.6) is 5.75 Å². The van der Waals surface area contributed by atoms with Crippen LogP contribution in [0.1, 0.15) is 39.5 Å². The molecule has 1 aliphatic heterocycles. The molecule has 1 saturated heterocycles. The highest BCUT2D eigenvalue weighted by molar-refractivity contribution is 7.17. The number of ketones is 1. The van der Waals surface area contributed by atoms with Gasteiger partial charge in [0.1, 0.15) is 23.0 Å². The fourth-order valence-electron chi connectivity index (χ4n) is 3.92. The fraction of sp³-hybridized carbons (Fsp3) is 0.185. The molecule has 10 heteroatoms. The van der Waals surface area contributed by atoms with Crippen molar-refractivity contribution in [1.29, 1.82) is 0 Å². The van der Waals surface area contributed by atoms with Gasteiger partial charge in [-0.15, -0.1) is 0 Å². The smallest absolute Gasteiger partial charge is 0.350 e. The van der Waals surface area contributed by atoms with Crippen LogP contribution in [0.4, 0.5) is 5.13 Å². The number of aromatic nitrogens is 1. The monoisotopic (exact) mass is 538 g/mol. The summed E-state index contributed by atoms with van der Waals surface area (Å²) in [4.78, 5) is 45.0. The molecule has 3 aromatic rings. The molecule has 1 aliphatic rings. The molecule has 8 nitrogen and oxygen atoms in total. The molecular formula is C27H23ClN2O6S. The topological polar surface area (TPSA) is 106 Å². The van der Waals surface area contributed by atoms with Crippen LogP contribution in [0.2, 0.25) is 5.02 Å².